The van der Waals surface area contributed by atoms with Crippen LogP contribution in [0.1, 0.15) is 29.9 Å². The van der Waals surface area contributed by atoms with Gasteiger partial charge in [-0.25, -0.2) is 4.79 Å². The van der Waals surface area contributed by atoms with Crippen LogP contribution in [0, 0.1) is 6.92 Å². The molecule has 6 nitrogen and oxygen atoms in total. The lowest BCUT2D eigenvalue weighted by atomic mass is 10.2. The Hall–Kier alpha value is -2.41. The Morgan fingerprint density at radius 2 is 1.96 bits per heavy atom. The Balaban J connectivity index is 1.97. The van der Waals surface area contributed by atoms with E-state index in [1.165, 1.54) is 0 Å². The third kappa shape index (κ3) is 4.53. The summed E-state index contributed by atoms with van der Waals surface area (Å²) in [6, 6.07) is 6.96. The molecule has 122 valence electrons. The number of nitrogens with one attached hydrogen (secondary N) is 2. The zero-order chi connectivity index (χ0) is 16.8. The first-order chi connectivity index (χ1) is 11.0. The van der Waals surface area contributed by atoms with Gasteiger partial charge in [-0.2, -0.15) is 5.10 Å². The number of anilines is 2. The summed E-state index contributed by atoms with van der Waals surface area (Å²) in [5.74, 6) is -0.331. The van der Waals surface area contributed by atoms with Crippen LogP contribution < -0.4 is 10.6 Å². The van der Waals surface area contributed by atoms with Crippen LogP contribution in [0.3, 0.4) is 0 Å². The van der Waals surface area contributed by atoms with Crippen molar-refractivity contribution < 1.29 is 9.53 Å². The van der Waals surface area contributed by atoms with Gasteiger partial charge in [0.15, 0.2) is 5.11 Å². The lowest BCUT2D eigenvalue weighted by Gasteiger charge is -2.10. The van der Waals surface area contributed by atoms with Crippen molar-refractivity contribution in [2.75, 3.05) is 17.2 Å². The average molecular weight is 332 g/mol. The Morgan fingerprint density at radius 1 is 1.26 bits per heavy atom. The number of hydrogen-bond donors (Lipinski definition) is 2. The number of ether oxygens (including phenoxy) is 1. The minimum atomic E-state index is -0.331. The van der Waals surface area contributed by atoms with Crippen molar-refractivity contribution in [3.63, 3.8) is 0 Å². The van der Waals surface area contributed by atoms with Gasteiger partial charge in [-0.15, -0.1) is 0 Å². The van der Waals surface area contributed by atoms with E-state index in [0.29, 0.717) is 17.3 Å². The van der Waals surface area contributed by atoms with Gasteiger partial charge in [0.2, 0.25) is 0 Å². The van der Waals surface area contributed by atoms with Crippen molar-refractivity contribution in [3.05, 3.63) is 41.7 Å². The summed E-state index contributed by atoms with van der Waals surface area (Å²) in [7, 11) is 0. The summed E-state index contributed by atoms with van der Waals surface area (Å²) in [5, 5.41) is 11.0. The van der Waals surface area contributed by atoms with Crippen molar-refractivity contribution in [1.29, 1.82) is 0 Å². The predicted molar refractivity (Wildman–Crippen MR) is 94.9 cm³/mol. The molecular formula is C16H20N4O2S. The van der Waals surface area contributed by atoms with Gasteiger partial charge in [0.25, 0.3) is 0 Å². The highest BCUT2D eigenvalue weighted by molar-refractivity contribution is 7.80. The summed E-state index contributed by atoms with van der Waals surface area (Å²) < 4.78 is 6.79. The molecule has 0 atom stereocenters. The molecule has 1 aromatic carbocycles. The molecule has 0 bridgehead atoms. The zero-order valence-corrected chi connectivity index (χ0v) is 14.2. The van der Waals surface area contributed by atoms with E-state index in [9.17, 15) is 4.79 Å². The van der Waals surface area contributed by atoms with Gasteiger partial charge in [-0.05, 0) is 57.3 Å². The summed E-state index contributed by atoms with van der Waals surface area (Å²) in [5.41, 5.74) is 3.05. The largest absolute Gasteiger partial charge is 0.462 e. The molecule has 0 spiro atoms. The second-order valence-electron chi connectivity index (χ2n) is 4.86. The SMILES string of the molecule is CCOC(=O)c1ccc(NC(=S)Nc2cn(CC)nc2C)cc1. The van der Waals surface area contributed by atoms with Gasteiger partial charge in [-0.3, -0.25) is 4.68 Å². The summed E-state index contributed by atoms with van der Waals surface area (Å²) in [6.07, 6.45) is 1.91. The van der Waals surface area contributed by atoms with Crippen LogP contribution in [0.15, 0.2) is 30.5 Å². The van der Waals surface area contributed by atoms with Crippen LogP contribution >= 0.6 is 12.2 Å². The minimum absolute atomic E-state index is 0.331. The minimum Gasteiger partial charge on any atom is -0.462 e. The average Bonchev–Trinajstić information content (AvgIpc) is 2.88. The summed E-state index contributed by atoms with van der Waals surface area (Å²) >= 11 is 5.30. The fourth-order valence-electron chi connectivity index (χ4n) is 1.99. The molecule has 0 saturated heterocycles. The normalized spacial score (nSPS) is 10.2. The number of thiocarbonyl (C=S) groups is 1. The van der Waals surface area contributed by atoms with E-state index >= 15 is 0 Å². The number of carbonyl (C=O) groups excluding carboxylic acids is 1. The number of carbonyl (C=O) groups is 1. The third-order valence-electron chi connectivity index (χ3n) is 3.17. The van der Waals surface area contributed by atoms with Crippen LogP contribution in [0.5, 0.6) is 0 Å². The second-order valence-corrected chi connectivity index (χ2v) is 5.27. The van der Waals surface area contributed by atoms with E-state index in [1.54, 1.807) is 31.2 Å². The Bertz CT molecular complexity index is 695. The lowest BCUT2D eigenvalue weighted by Crippen LogP contribution is -2.19. The molecule has 0 amide bonds. The number of benzene rings is 1. The first-order valence-electron chi connectivity index (χ1n) is 7.42. The van der Waals surface area contributed by atoms with E-state index in [4.69, 9.17) is 17.0 Å². The van der Waals surface area contributed by atoms with Crippen LogP contribution in [0.2, 0.25) is 0 Å². The van der Waals surface area contributed by atoms with Crippen LogP contribution in [-0.2, 0) is 11.3 Å². The summed E-state index contributed by atoms with van der Waals surface area (Å²) in [4.78, 5) is 11.6. The Kier molecular flexibility index (Phi) is 5.70. The Morgan fingerprint density at radius 3 is 2.52 bits per heavy atom. The molecule has 0 aliphatic heterocycles. The number of rotatable bonds is 5. The van der Waals surface area contributed by atoms with Gasteiger partial charge in [0.1, 0.15) is 0 Å². The summed E-state index contributed by atoms with van der Waals surface area (Å²) in [6.45, 7) is 6.89. The van der Waals surface area contributed by atoms with E-state index in [2.05, 4.69) is 15.7 Å². The molecule has 7 heteroatoms. The highest BCUT2D eigenvalue weighted by Crippen LogP contribution is 2.14. The highest BCUT2D eigenvalue weighted by atomic mass is 32.1. The van der Waals surface area contributed by atoms with Gasteiger partial charge in [-0.1, -0.05) is 0 Å². The monoisotopic (exact) mass is 332 g/mol. The van der Waals surface area contributed by atoms with E-state index in [1.807, 2.05) is 24.7 Å². The van der Waals surface area contributed by atoms with Crippen LogP contribution in [0.25, 0.3) is 0 Å². The van der Waals surface area contributed by atoms with Gasteiger partial charge < -0.3 is 15.4 Å². The second kappa shape index (κ2) is 7.73. The molecular weight excluding hydrogens is 312 g/mol. The number of esters is 1. The topological polar surface area (TPSA) is 68.2 Å². The van der Waals surface area contributed by atoms with Crippen molar-refractivity contribution >= 4 is 34.7 Å². The van der Waals surface area contributed by atoms with E-state index < -0.39 is 0 Å². The van der Waals surface area contributed by atoms with Crippen LogP contribution in [-0.4, -0.2) is 27.5 Å². The standard InChI is InChI=1S/C16H20N4O2S/c1-4-20-10-14(11(3)19-20)18-16(23)17-13-8-6-12(7-9-13)15(21)22-5-2/h6-10H,4-5H2,1-3H3,(H2,17,18,23). The number of hydrogen-bond acceptors (Lipinski definition) is 4. The lowest BCUT2D eigenvalue weighted by molar-refractivity contribution is 0.0526. The zero-order valence-electron chi connectivity index (χ0n) is 13.4. The van der Waals surface area contributed by atoms with Gasteiger partial charge in [0, 0.05) is 18.4 Å². The van der Waals surface area contributed by atoms with Crippen molar-refractivity contribution in [2.24, 2.45) is 0 Å². The molecule has 2 rings (SSSR count). The van der Waals surface area contributed by atoms with Crippen molar-refractivity contribution in [1.82, 2.24) is 9.78 Å². The molecule has 0 fully saturated rings. The molecule has 1 aromatic heterocycles. The molecule has 0 aliphatic carbocycles. The smallest absolute Gasteiger partial charge is 0.338 e. The molecule has 0 radical (unpaired) electrons. The molecule has 0 aliphatic rings. The van der Waals surface area contributed by atoms with Gasteiger partial charge in [0.05, 0.1) is 23.6 Å². The molecule has 23 heavy (non-hydrogen) atoms. The van der Waals surface area contributed by atoms with E-state index in [0.717, 1.165) is 23.6 Å². The highest BCUT2D eigenvalue weighted by Gasteiger charge is 2.08. The maximum absolute atomic E-state index is 11.6. The van der Waals surface area contributed by atoms with Gasteiger partial charge >= 0.3 is 5.97 Å². The maximum atomic E-state index is 11.6. The maximum Gasteiger partial charge on any atom is 0.338 e. The predicted octanol–water partition coefficient (Wildman–Crippen LogP) is 3.20. The molecule has 0 saturated carbocycles. The van der Waals surface area contributed by atoms with Crippen molar-refractivity contribution in [3.8, 4) is 0 Å². The quantitative estimate of drug-likeness (QED) is 0.647. The number of aryl methyl sites for hydroxylation is 2. The van der Waals surface area contributed by atoms with Crippen molar-refractivity contribution in [2.45, 2.75) is 27.3 Å². The molecule has 2 N–H and O–H groups in total. The number of nitrogens with zero attached hydrogens (tertiary/aromatic N) is 2. The fraction of sp³-hybridized carbons (Fsp3) is 0.312. The molecule has 0 unspecified atom stereocenters. The van der Waals surface area contributed by atoms with Crippen LogP contribution in [0.4, 0.5) is 11.4 Å². The number of aromatic nitrogens is 2. The third-order valence-corrected chi connectivity index (χ3v) is 3.38. The molecule has 2 aromatic rings. The molecule has 1 heterocycles. The first kappa shape index (κ1) is 17.0. The fourth-order valence-corrected chi connectivity index (χ4v) is 2.22. The Labute approximate surface area is 140 Å². The van der Waals surface area contributed by atoms with E-state index in [-0.39, 0.29) is 5.97 Å². The first-order valence-corrected chi connectivity index (χ1v) is 7.83.